The highest BCUT2D eigenvalue weighted by Gasteiger charge is 2.18. The van der Waals surface area contributed by atoms with Crippen molar-refractivity contribution in [2.45, 2.75) is 6.92 Å². The summed E-state index contributed by atoms with van der Waals surface area (Å²) in [6.45, 7) is 1.90. The number of primary amides is 1. The number of methoxy groups -OCH3 is 1. The van der Waals surface area contributed by atoms with Crippen molar-refractivity contribution < 1.29 is 9.53 Å². The Kier molecular flexibility index (Phi) is 3.23. The molecular weight excluding hydrogens is 230 g/mol. The molecule has 2 heterocycles. The van der Waals surface area contributed by atoms with E-state index in [0.29, 0.717) is 5.75 Å². The molecule has 5 heteroatoms. The Bertz CT molecular complexity index is 582. The van der Waals surface area contributed by atoms with Crippen LogP contribution in [0.3, 0.4) is 0 Å². The van der Waals surface area contributed by atoms with Crippen molar-refractivity contribution in [2.24, 2.45) is 5.73 Å². The Morgan fingerprint density at radius 3 is 2.56 bits per heavy atom. The molecule has 0 aliphatic carbocycles. The molecule has 0 aromatic carbocycles. The van der Waals surface area contributed by atoms with Crippen molar-refractivity contribution in [1.29, 1.82) is 0 Å². The van der Waals surface area contributed by atoms with Gasteiger partial charge >= 0.3 is 0 Å². The summed E-state index contributed by atoms with van der Waals surface area (Å²) in [5.41, 5.74) is 8.05. The summed E-state index contributed by atoms with van der Waals surface area (Å²) in [5, 5.41) is 0. The number of aryl methyl sites for hydroxylation is 1. The largest absolute Gasteiger partial charge is 0.494 e. The summed E-state index contributed by atoms with van der Waals surface area (Å²) in [6, 6.07) is 3.69. The van der Waals surface area contributed by atoms with Gasteiger partial charge < -0.3 is 10.5 Å². The first-order valence-corrected chi connectivity index (χ1v) is 5.39. The fourth-order valence-corrected chi connectivity index (χ4v) is 1.83. The van der Waals surface area contributed by atoms with Crippen LogP contribution in [0.1, 0.15) is 16.1 Å². The van der Waals surface area contributed by atoms with E-state index >= 15 is 0 Å². The summed E-state index contributed by atoms with van der Waals surface area (Å²) in [7, 11) is 1.49. The van der Waals surface area contributed by atoms with E-state index in [1.54, 1.807) is 18.6 Å². The van der Waals surface area contributed by atoms with Gasteiger partial charge in [-0.2, -0.15) is 0 Å². The van der Waals surface area contributed by atoms with Crippen LogP contribution in [-0.2, 0) is 0 Å². The molecule has 0 saturated heterocycles. The Morgan fingerprint density at radius 1 is 1.33 bits per heavy atom. The van der Waals surface area contributed by atoms with E-state index in [-0.39, 0.29) is 5.69 Å². The van der Waals surface area contributed by atoms with Crippen molar-refractivity contribution in [3.8, 4) is 16.9 Å². The predicted molar refractivity (Wildman–Crippen MR) is 67.3 cm³/mol. The van der Waals surface area contributed by atoms with Gasteiger partial charge in [-0.15, -0.1) is 0 Å². The average Bonchev–Trinajstić information content (AvgIpc) is 2.38. The van der Waals surface area contributed by atoms with E-state index in [2.05, 4.69) is 9.97 Å². The molecule has 0 unspecified atom stereocenters. The molecule has 5 nitrogen and oxygen atoms in total. The molecule has 0 spiro atoms. The van der Waals surface area contributed by atoms with Gasteiger partial charge in [0.05, 0.1) is 7.11 Å². The van der Waals surface area contributed by atoms with Gasteiger partial charge in [0.1, 0.15) is 0 Å². The Labute approximate surface area is 105 Å². The van der Waals surface area contributed by atoms with Gasteiger partial charge in [-0.25, -0.2) is 4.98 Å². The van der Waals surface area contributed by atoms with Crippen molar-refractivity contribution in [1.82, 2.24) is 9.97 Å². The smallest absolute Gasteiger partial charge is 0.271 e. The summed E-state index contributed by atoms with van der Waals surface area (Å²) >= 11 is 0. The van der Waals surface area contributed by atoms with Crippen LogP contribution in [0.15, 0.2) is 30.7 Å². The third-order valence-electron chi connectivity index (χ3n) is 2.63. The Balaban J connectivity index is 2.73. The molecule has 0 saturated carbocycles. The zero-order valence-electron chi connectivity index (χ0n) is 10.2. The van der Waals surface area contributed by atoms with Crippen LogP contribution in [0.4, 0.5) is 0 Å². The number of aromatic nitrogens is 2. The molecule has 18 heavy (non-hydrogen) atoms. The molecular formula is C13H13N3O2. The molecule has 1 amide bonds. The molecule has 0 aliphatic rings. The number of hydrogen-bond donors (Lipinski definition) is 1. The second-order valence-electron chi connectivity index (χ2n) is 3.80. The number of pyridine rings is 2. The highest BCUT2D eigenvalue weighted by Crippen LogP contribution is 2.34. The molecule has 0 bridgehead atoms. The number of nitrogens with zero attached hydrogens (tertiary/aromatic N) is 2. The number of nitrogens with two attached hydrogens (primary N) is 1. The normalized spacial score (nSPS) is 10.1. The van der Waals surface area contributed by atoms with E-state index in [9.17, 15) is 4.79 Å². The number of carbonyl (C=O) groups is 1. The third-order valence-corrected chi connectivity index (χ3v) is 2.63. The zero-order valence-corrected chi connectivity index (χ0v) is 10.2. The lowest BCUT2D eigenvalue weighted by Gasteiger charge is -2.13. The molecule has 0 fully saturated rings. The van der Waals surface area contributed by atoms with E-state index in [1.807, 2.05) is 19.1 Å². The fraction of sp³-hybridized carbons (Fsp3) is 0.154. The van der Waals surface area contributed by atoms with Gasteiger partial charge in [0, 0.05) is 24.2 Å². The Hall–Kier alpha value is -2.43. The van der Waals surface area contributed by atoms with Crippen LogP contribution >= 0.6 is 0 Å². The van der Waals surface area contributed by atoms with E-state index in [1.165, 1.54) is 7.11 Å². The first-order valence-electron chi connectivity index (χ1n) is 5.39. The lowest BCUT2D eigenvalue weighted by molar-refractivity contribution is 0.0992. The monoisotopic (exact) mass is 243 g/mol. The van der Waals surface area contributed by atoms with Gasteiger partial charge in [0.2, 0.25) is 0 Å². The van der Waals surface area contributed by atoms with Gasteiger partial charge in [-0.05, 0) is 30.2 Å². The minimum absolute atomic E-state index is 0.134. The minimum atomic E-state index is -0.609. The van der Waals surface area contributed by atoms with E-state index < -0.39 is 5.91 Å². The molecule has 0 aliphatic heterocycles. The minimum Gasteiger partial charge on any atom is -0.494 e. The van der Waals surface area contributed by atoms with Crippen LogP contribution in [-0.4, -0.2) is 23.0 Å². The van der Waals surface area contributed by atoms with Gasteiger partial charge in [0.25, 0.3) is 5.91 Å². The highest BCUT2D eigenvalue weighted by molar-refractivity contribution is 5.96. The molecule has 2 rings (SSSR count). The fourth-order valence-electron chi connectivity index (χ4n) is 1.83. The molecule has 2 aromatic rings. The molecule has 0 radical (unpaired) electrons. The summed E-state index contributed by atoms with van der Waals surface area (Å²) in [6.07, 6.45) is 4.97. The quantitative estimate of drug-likeness (QED) is 0.887. The third kappa shape index (κ3) is 2.02. The Morgan fingerprint density at radius 2 is 2.00 bits per heavy atom. The molecule has 2 aromatic heterocycles. The van der Waals surface area contributed by atoms with Crippen LogP contribution in [0, 0.1) is 6.92 Å². The van der Waals surface area contributed by atoms with Gasteiger partial charge in [-0.1, -0.05) is 0 Å². The van der Waals surface area contributed by atoms with E-state index in [0.717, 1.165) is 16.7 Å². The zero-order chi connectivity index (χ0) is 13.1. The summed E-state index contributed by atoms with van der Waals surface area (Å²) in [5.74, 6) is -0.212. The van der Waals surface area contributed by atoms with Crippen molar-refractivity contribution in [3.05, 3.63) is 42.0 Å². The predicted octanol–water partition coefficient (Wildman–Crippen LogP) is 1.56. The number of carbonyl (C=O) groups excluding carboxylic acids is 1. The van der Waals surface area contributed by atoms with Crippen LogP contribution in [0.5, 0.6) is 5.75 Å². The molecule has 2 N–H and O–H groups in total. The number of hydrogen-bond acceptors (Lipinski definition) is 4. The van der Waals surface area contributed by atoms with Crippen molar-refractivity contribution in [2.75, 3.05) is 7.11 Å². The molecule has 0 atom stereocenters. The lowest BCUT2D eigenvalue weighted by atomic mass is 10.0. The van der Waals surface area contributed by atoms with Crippen molar-refractivity contribution in [3.63, 3.8) is 0 Å². The second kappa shape index (κ2) is 4.83. The standard InChI is InChI=1S/C13H13N3O2/c1-8-7-16-11(13(14)17)12(18-2)10(8)9-3-5-15-6-4-9/h3-7H,1-2H3,(H2,14,17). The van der Waals surface area contributed by atoms with Gasteiger partial charge in [-0.3, -0.25) is 9.78 Å². The highest BCUT2D eigenvalue weighted by atomic mass is 16.5. The maximum atomic E-state index is 11.3. The SMILES string of the molecule is COc1c(C(N)=O)ncc(C)c1-c1ccncc1. The van der Waals surface area contributed by atoms with E-state index in [4.69, 9.17) is 10.5 Å². The number of amides is 1. The molecule has 92 valence electrons. The maximum Gasteiger partial charge on any atom is 0.271 e. The summed E-state index contributed by atoms with van der Waals surface area (Å²) in [4.78, 5) is 19.3. The van der Waals surface area contributed by atoms with Gasteiger partial charge in [0.15, 0.2) is 11.4 Å². The van der Waals surface area contributed by atoms with Crippen LogP contribution in [0.2, 0.25) is 0 Å². The van der Waals surface area contributed by atoms with Crippen LogP contribution < -0.4 is 10.5 Å². The first kappa shape index (κ1) is 12.0. The average molecular weight is 243 g/mol. The van der Waals surface area contributed by atoms with Crippen molar-refractivity contribution >= 4 is 5.91 Å². The maximum absolute atomic E-state index is 11.3. The lowest BCUT2D eigenvalue weighted by Crippen LogP contribution is -2.15. The number of rotatable bonds is 3. The second-order valence-corrected chi connectivity index (χ2v) is 3.80. The number of ether oxygens (including phenoxy) is 1. The first-order chi connectivity index (χ1) is 8.65. The topological polar surface area (TPSA) is 78.1 Å². The summed E-state index contributed by atoms with van der Waals surface area (Å²) < 4.78 is 5.29. The van der Waals surface area contributed by atoms with Crippen LogP contribution in [0.25, 0.3) is 11.1 Å².